The van der Waals surface area contributed by atoms with Gasteiger partial charge in [0.05, 0.1) is 12.4 Å². The van der Waals surface area contributed by atoms with Gasteiger partial charge < -0.3 is 10.6 Å². The summed E-state index contributed by atoms with van der Waals surface area (Å²) in [5, 5.41) is 21.3. The quantitative estimate of drug-likeness (QED) is 0.364. The van der Waals surface area contributed by atoms with Crippen LogP contribution in [0.25, 0.3) is 0 Å². The van der Waals surface area contributed by atoms with E-state index in [1.54, 1.807) is 15.6 Å². The van der Waals surface area contributed by atoms with Gasteiger partial charge in [-0.25, -0.2) is 8.78 Å². The number of halogens is 2. The third-order valence-electron chi connectivity index (χ3n) is 6.10. The Hall–Kier alpha value is -3.77. The molecule has 0 aliphatic heterocycles. The molecule has 3 aromatic rings. The van der Waals surface area contributed by atoms with E-state index in [4.69, 9.17) is 0 Å². The Morgan fingerprint density at radius 3 is 2.17 bits per heavy atom. The molecular weight excluding hydrogens is 472 g/mol. The molecule has 11 nitrogen and oxygen atoms in total. The van der Waals surface area contributed by atoms with E-state index in [-0.39, 0.29) is 23.7 Å². The molecule has 1 saturated carbocycles. The molecule has 1 fully saturated rings. The predicted octanol–water partition coefficient (Wildman–Crippen LogP) is 2.32. The third-order valence-corrected chi connectivity index (χ3v) is 6.10. The fraction of sp³-hybridized carbons (Fsp3) is 0.522. The summed E-state index contributed by atoms with van der Waals surface area (Å²) < 4.78 is 30.1. The maximum Gasteiger partial charge on any atom is 0.273 e. The van der Waals surface area contributed by atoms with E-state index in [2.05, 4.69) is 36.2 Å². The van der Waals surface area contributed by atoms with Gasteiger partial charge in [-0.1, -0.05) is 16.8 Å². The van der Waals surface area contributed by atoms with Gasteiger partial charge in [0, 0.05) is 51.1 Å². The molecule has 1 aliphatic rings. The number of aromatic nitrogens is 7. The number of carbonyl (C=O) groups excluding carboxylic acids is 2. The molecule has 4 rings (SSSR count). The van der Waals surface area contributed by atoms with Gasteiger partial charge in [0.25, 0.3) is 17.7 Å². The van der Waals surface area contributed by atoms with Gasteiger partial charge in [0.2, 0.25) is 0 Å². The first-order chi connectivity index (χ1) is 17.3. The van der Waals surface area contributed by atoms with E-state index in [0.29, 0.717) is 36.8 Å². The van der Waals surface area contributed by atoms with Crippen molar-refractivity contribution in [2.45, 2.75) is 64.6 Å². The zero-order valence-corrected chi connectivity index (χ0v) is 20.0. The van der Waals surface area contributed by atoms with Crippen LogP contribution in [0.5, 0.6) is 0 Å². The van der Waals surface area contributed by atoms with Crippen LogP contribution in [0.4, 0.5) is 8.78 Å². The molecule has 3 heterocycles. The molecule has 1 aliphatic carbocycles. The fourth-order valence-electron chi connectivity index (χ4n) is 3.69. The first kappa shape index (κ1) is 25.3. The topological polar surface area (TPSA) is 133 Å². The lowest BCUT2D eigenvalue weighted by Gasteiger charge is -2.25. The number of hydrogen-bond acceptors (Lipinski definition) is 7. The normalized spacial score (nSPS) is 13.9. The first-order valence-corrected chi connectivity index (χ1v) is 12.0. The highest BCUT2D eigenvalue weighted by Gasteiger charge is 2.25. The number of pyridine rings is 1. The molecule has 192 valence electrons. The number of alkyl halides is 2. The second kappa shape index (κ2) is 11.3. The molecule has 0 spiro atoms. The Balaban J connectivity index is 1.16. The summed E-state index contributed by atoms with van der Waals surface area (Å²) >= 11 is 0. The number of nitrogens with zero attached hydrogens (tertiary/aromatic N) is 7. The highest BCUT2D eigenvalue weighted by atomic mass is 19.3. The number of carbonyl (C=O) groups is 2. The summed E-state index contributed by atoms with van der Waals surface area (Å²) in [4.78, 5) is 28.3. The van der Waals surface area contributed by atoms with Crippen molar-refractivity contribution in [1.29, 1.82) is 0 Å². The van der Waals surface area contributed by atoms with Crippen molar-refractivity contribution >= 4 is 11.8 Å². The molecule has 0 radical (unpaired) electrons. The summed E-state index contributed by atoms with van der Waals surface area (Å²) in [6.45, 7) is 2.66. The van der Waals surface area contributed by atoms with Gasteiger partial charge in [0.1, 0.15) is 0 Å². The Morgan fingerprint density at radius 1 is 1.00 bits per heavy atom. The van der Waals surface area contributed by atoms with Crippen LogP contribution >= 0.6 is 0 Å². The second-order valence-corrected chi connectivity index (χ2v) is 9.10. The molecule has 0 bridgehead atoms. The van der Waals surface area contributed by atoms with Crippen molar-refractivity contribution in [3.63, 3.8) is 0 Å². The van der Waals surface area contributed by atoms with E-state index in [9.17, 15) is 18.4 Å². The Bertz CT molecular complexity index is 1180. The second-order valence-electron chi connectivity index (χ2n) is 9.10. The molecule has 13 heteroatoms. The summed E-state index contributed by atoms with van der Waals surface area (Å²) in [7, 11) is 0. The third kappa shape index (κ3) is 6.89. The number of unbranched alkanes of at least 4 members (excludes halogenated alkanes) is 1. The molecule has 2 amide bonds. The lowest BCUT2D eigenvalue weighted by molar-refractivity contribution is 0.0170. The average molecular weight is 502 g/mol. The summed E-state index contributed by atoms with van der Waals surface area (Å²) in [5.41, 5.74) is 0.692. The largest absolute Gasteiger partial charge is 0.350 e. The minimum Gasteiger partial charge on any atom is -0.350 e. The fourth-order valence-corrected chi connectivity index (χ4v) is 3.69. The van der Waals surface area contributed by atoms with Crippen molar-refractivity contribution in [1.82, 2.24) is 45.6 Å². The highest BCUT2D eigenvalue weighted by Crippen LogP contribution is 2.26. The molecule has 3 aromatic heterocycles. The Kier molecular flexibility index (Phi) is 7.96. The number of amides is 2. The Labute approximate surface area is 206 Å². The van der Waals surface area contributed by atoms with Crippen molar-refractivity contribution in [2.24, 2.45) is 5.92 Å². The number of rotatable bonds is 12. The molecule has 0 saturated heterocycles. The van der Waals surface area contributed by atoms with Crippen molar-refractivity contribution in [2.75, 3.05) is 6.54 Å². The molecule has 2 N–H and O–H groups in total. The van der Waals surface area contributed by atoms with Crippen molar-refractivity contribution in [3.05, 3.63) is 53.4 Å². The lowest BCUT2D eigenvalue weighted by Crippen LogP contribution is -2.32. The van der Waals surface area contributed by atoms with Crippen LogP contribution in [-0.4, -0.2) is 53.3 Å². The molecule has 36 heavy (non-hydrogen) atoms. The van der Waals surface area contributed by atoms with Gasteiger partial charge in [-0.2, -0.15) is 0 Å². The van der Waals surface area contributed by atoms with E-state index in [1.165, 1.54) is 37.7 Å². The number of nitrogens with one attached hydrogen (secondary N) is 2. The summed E-state index contributed by atoms with van der Waals surface area (Å²) in [6, 6.07) is 1.31. The van der Waals surface area contributed by atoms with Gasteiger partial charge >= 0.3 is 0 Å². The molecule has 0 unspecified atom stereocenters. The predicted molar refractivity (Wildman–Crippen MR) is 124 cm³/mol. The molecular formula is C23H29F2N9O2. The molecule has 0 aromatic carbocycles. The number of aryl methyl sites for hydroxylation is 2. The summed E-state index contributed by atoms with van der Waals surface area (Å²) in [6.07, 6.45) is 10.8. The smallest absolute Gasteiger partial charge is 0.273 e. The minimum absolute atomic E-state index is 0.0428. The average Bonchev–Trinajstić information content (AvgIpc) is 3.49. The SMILES string of the molecule is CC(F)(F)c1cncc(CNC(=O)c2cn(CCCCn3cc(C(=O)NCC4CCC4)nn3)nn2)c1. The lowest BCUT2D eigenvalue weighted by atomic mass is 9.85. The van der Waals surface area contributed by atoms with Gasteiger partial charge in [-0.3, -0.25) is 23.9 Å². The van der Waals surface area contributed by atoms with Crippen LogP contribution in [-0.2, 0) is 25.6 Å². The monoisotopic (exact) mass is 501 g/mol. The standard InChI is InChI=1S/C23H29F2N9O2/c1-23(24,25)18-9-17(10-26-13-18)12-28-22(36)20-15-34(32-30-20)8-3-2-7-33-14-19(29-31-33)21(35)27-11-16-5-4-6-16/h9-10,13-16H,2-8,11-12H2,1H3,(H,27,35)(H,28,36). The van der Waals surface area contributed by atoms with Crippen LogP contribution in [0.3, 0.4) is 0 Å². The maximum atomic E-state index is 13.5. The van der Waals surface area contributed by atoms with E-state index in [1.807, 2.05) is 0 Å². The van der Waals surface area contributed by atoms with Gasteiger partial charge in [0.15, 0.2) is 11.4 Å². The summed E-state index contributed by atoms with van der Waals surface area (Å²) in [5.74, 6) is -3.08. The maximum absolute atomic E-state index is 13.5. The van der Waals surface area contributed by atoms with Crippen molar-refractivity contribution in [3.8, 4) is 0 Å². The van der Waals surface area contributed by atoms with E-state index in [0.717, 1.165) is 26.0 Å². The number of hydrogen-bond donors (Lipinski definition) is 2. The van der Waals surface area contributed by atoms with Crippen LogP contribution < -0.4 is 10.6 Å². The van der Waals surface area contributed by atoms with Crippen LogP contribution in [0.2, 0.25) is 0 Å². The zero-order valence-electron chi connectivity index (χ0n) is 20.0. The zero-order chi connectivity index (χ0) is 25.5. The van der Waals surface area contributed by atoms with Gasteiger partial charge in [-0.05, 0) is 43.2 Å². The van der Waals surface area contributed by atoms with Gasteiger partial charge in [-0.15, -0.1) is 10.2 Å². The van der Waals surface area contributed by atoms with E-state index >= 15 is 0 Å². The Morgan fingerprint density at radius 2 is 1.61 bits per heavy atom. The van der Waals surface area contributed by atoms with Crippen LogP contribution in [0.15, 0.2) is 30.9 Å². The van der Waals surface area contributed by atoms with E-state index < -0.39 is 11.8 Å². The highest BCUT2D eigenvalue weighted by molar-refractivity contribution is 5.92. The molecule has 0 atom stereocenters. The minimum atomic E-state index is -3.00. The first-order valence-electron chi connectivity index (χ1n) is 12.0. The van der Waals surface area contributed by atoms with Crippen LogP contribution in [0, 0.1) is 5.92 Å². The van der Waals surface area contributed by atoms with Crippen LogP contribution in [0.1, 0.15) is 71.1 Å². The van der Waals surface area contributed by atoms with Crippen molar-refractivity contribution < 1.29 is 18.4 Å².